The normalized spacial score (nSPS) is 33.2. The fraction of sp³-hybridized carbons (Fsp3) is 0.692. The Balaban J connectivity index is 1.94. The van der Waals surface area contributed by atoms with Gasteiger partial charge in [0.25, 0.3) is 5.56 Å². The quantitative estimate of drug-likeness (QED) is 0.687. The fourth-order valence-corrected chi connectivity index (χ4v) is 5.41. The molecule has 122 valence electrons. The summed E-state index contributed by atoms with van der Waals surface area (Å²) >= 11 is 3.40. The van der Waals surface area contributed by atoms with Gasteiger partial charge in [-0.1, -0.05) is 0 Å². The van der Waals surface area contributed by atoms with Crippen molar-refractivity contribution in [1.82, 2.24) is 9.55 Å². The summed E-state index contributed by atoms with van der Waals surface area (Å²) < 4.78 is 7.13. The average molecular weight is 346 g/mol. The van der Waals surface area contributed by atoms with E-state index in [1.165, 1.54) is 12.3 Å². The SMILES string of the molecule is O=c1ccn([C@@H]2O[C@H](CO)[C@H](O)[C@@H]2O)c(C2SCCCS2)n1. The van der Waals surface area contributed by atoms with Crippen LogP contribution in [-0.4, -0.2) is 61.3 Å². The van der Waals surface area contributed by atoms with Crippen molar-refractivity contribution in [3.8, 4) is 0 Å². The first-order valence-corrected chi connectivity index (χ1v) is 9.16. The molecule has 0 radical (unpaired) electrons. The third kappa shape index (κ3) is 3.06. The monoisotopic (exact) mass is 346 g/mol. The number of aliphatic hydroxyl groups excluding tert-OH is 3. The lowest BCUT2D eigenvalue weighted by atomic mass is 10.1. The zero-order valence-electron chi connectivity index (χ0n) is 11.7. The van der Waals surface area contributed by atoms with Crippen LogP contribution in [0.1, 0.15) is 23.1 Å². The molecule has 2 aliphatic heterocycles. The number of aromatic nitrogens is 2. The zero-order chi connectivity index (χ0) is 15.7. The molecule has 22 heavy (non-hydrogen) atoms. The van der Waals surface area contributed by atoms with E-state index in [2.05, 4.69) is 4.98 Å². The Kier molecular flexibility index (Phi) is 5.10. The smallest absolute Gasteiger partial charge is 0.272 e. The number of nitrogens with zero attached hydrogens (tertiary/aromatic N) is 2. The van der Waals surface area contributed by atoms with E-state index < -0.39 is 24.5 Å². The summed E-state index contributed by atoms with van der Waals surface area (Å²) in [6.07, 6.45) is -1.43. The third-order valence-electron chi connectivity index (χ3n) is 3.70. The number of hydrogen-bond acceptors (Lipinski definition) is 8. The molecular formula is C13H18N2O5S2. The molecule has 0 unspecified atom stereocenters. The second-order valence-corrected chi connectivity index (χ2v) is 7.91. The average Bonchev–Trinajstić information content (AvgIpc) is 2.83. The molecule has 3 heterocycles. The van der Waals surface area contributed by atoms with Gasteiger partial charge < -0.3 is 24.6 Å². The van der Waals surface area contributed by atoms with Gasteiger partial charge in [0.05, 0.1) is 6.61 Å². The maximum atomic E-state index is 11.6. The van der Waals surface area contributed by atoms with Crippen molar-refractivity contribution < 1.29 is 20.1 Å². The van der Waals surface area contributed by atoms with Crippen molar-refractivity contribution in [2.75, 3.05) is 18.1 Å². The predicted octanol–water partition coefficient (Wildman–Crippen LogP) is -0.277. The van der Waals surface area contributed by atoms with Crippen LogP contribution in [0.25, 0.3) is 0 Å². The van der Waals surface area contributed by atoms with Gasteiger partial charge in [-0.05, 0) is 17.9 Å². The second-order valence-electron chi connectivity index (χ2n) is 5.19. The highest BCUT2D eigenvalue weighted by Gasteiger charge is 2.44. The van der Waals surface area contributed by atoms with Gasteiger partial charge in [-0.3, -0.25) is 4.79 Å². The van der Waals surface area contributed by atoms with Crippen molar-refractivity contribution in [2.24, 2.45) is 0 Å². The van der Waals surface area contributed by atoms with Gasteiger partial charge in [0.2, 0.25) is 0 Å². The first kappa shape index (κ1) is 16.3. The van der Waals surface area contributed by atoms with E-state index in [1.807, 2.05) is 0 Å². The number of hydrogen-bond donors (Lipinski definition) is 3. The summed E-state index contributed by atoms with van der Waals surface area (Å²) in [6.45, 7) is -0.384. The summed E-state index contributed by atoms with van der Waals surface area (Å²) in [5.74, 6) is 2.49. The molecule has 0 saturated carbocycles. The van der Waals surface area contributed by atoms with E-state index >= 15 is 0 Å². The minimum Gasteiger partial charge on any atom is -0.394 e. The lowest BCUT2D eigenvalue weighted by Crippen LogP contribution is -2.34. The fourth-order valence-electron chi connectivity index (χ4n) is 2.56. The van der Waals surface area contributed by atoms with Crippen molar-refractivity contribution in [3.05, 3.63) is 28.4 Å². The number of aliphatic hydroxyl groups is 3. The van der Waals surface area contributed by atoms with Gasteiger partial charge in [0.1, 0.15) is 28.7 Å². The lowest BCUT2D eigenvalue weighted by molar-refractivity contribution is -0.0545. The second kappa shape index (κ2) is 6.90. The maximum absolute atomic E-state index is 11.6. The van der Waals surface area contributed by atoms with Gasteiger partial charge in [-0.2, -0.15) is 4.98 Å². The van der Waals surface area contributed by atoms with Crippen molar-refractivity contribution >= 4 is 23.5 Å². The van der Waals surface area contributed by atoms with Crippen LogP contribution in [0.2, 0.25) is 0 Å². The van der Waals surface area contributed by atoms with E-state index in [1.54, 1.807) is 28.1 Å². The highest BCUT2D eigenvalue weighted by Crippen LogP contribution is 2.44. The highest BCUT2D eigenvalue weighted by atomic mass is 32.2. The van der Waals surface area contributed by atoms with E-state index in [4.69, 9.17) is 4.74 Å². The van der Waals surface area contributed by atoms with Crippen LogP contribution < -0.4 is 5.56 Å². The minimum absolute atomic E-state index is 0.0104. The van der Waals surface area contributed by atoms with Crippen molar-refractivity contribution in [3.63, 3.8) is 0 Å². The molecular weight excluding hydrogens is 328 g/mol. The molecule has 1 aromatic heterocycles. The molecule has 3 N–H and O–H groups in total. The Morgan fingerprint density at radius 1 is 1.32 bits per heavy atom. The van der Waals surface area contributed by atoms with Crippen molar-refractivity contribution in [2.45, 2.75) is 35.5 Å². The highest BCUT2D eigenvalue weighted by molar-refractivity contribution is 8.16. The van der Waals surface area contributed by atoms with Gasteiger partial charge in [-0.25, -0.2) is 0 Å². The van der Waals surface area contributed by atoms with E-state index in [0.717, 1.165) is 17.9 Å². The topological polar surface area (TPSA) is 105 Å². The first-order valence-electron chi connectivity index (χ1n) is 7.06. The molecule has 0 spiro atoms. The van der Waals surface area contributed by atoms with Crippen LogP contribution in [0.5, 0.6) is 0 Å². The summed E-state index contributed by atoms with van der Waals surface area (Å²) in [5, 5.41) is 29.3. The molecule has 0 aromatic carbocycles. The third-order valence-corrected chi connectivity index (χ3v) is 6.59. The van der Waals surface area contributed by atoms with Gasteiger partial charge >= 0.3 is 0 Å². The molecule has 2 saturated heterocycles. The van der Waals surface area contributed by atoms with E-state index in [-0.39, 0.29) is 16.7 Å². The standard InChI is InChI=1S/C13H18N2O5S2/c16-6-7-9(18)10(19)12(20-7)15-3-2-8(17)14-11(15)13-21-4-1-5-22-13/h2-3,7,9-10,12-13,16,18-19H,1,4-6H2/t7-,9+,10+,12-/m1/s1. The molecule has 0 amide bonds. The first-order chi connectivity index (χ1) is 10.6. The summed E-state index contributed by atoms with van der Waals surface area (Å²) in [4.78, 5) is 15.7. The van der Waals surface area contributed by atoms with Crippen LogP contribution in [0.15, 0.2) is 17.1 Å². The molecule has 0 aliphatic carbocycles. The van der Waals surface area contributed by atoms with Crippen LogP contribution >= 0.6 is 23.5 Å². The number of ether oxygens (including phenoxy) is 1. The van der Waals surface area contributed by atoms with E-state index in [0.29, 0.717) is 5.82 Å². The Labute approximate surface area is 135 Å². The van der Waals surface area contributed by atoms with Crippen LogP contribution in [0.3, 0.4) is 0 Å². The molecule has 2 aliphatic rings. The zero-order valence-corrected chi connectivity index (χ0v) is 13.4. The molecule has 2 fully saturated rings. The summed E-state index contributed by atoms with van der Waals surface area (Å²) in [7, 11) is 0. The molecule has 4 atom stereocenters. The minimum atomic E-state index is -1.18. The molecule has 1 aromatic rings. The Hall–Kier alpha value is -0.580. The lowest BCUT2D eigenvalue weighted by Gasteiger charge is -2.27. The molecule has 9 heteroatoms. The molecule has 7 nitrogen and oxygen atoms in total. The van der Waals surface area contributed by atoms with Crippen LogP contribution in [0, 0.1) is 0 Å². The van der Waals surface area contributed by atoms with Gasteiger partial charge in [0, 0.05) is 12.3 Å². The largest absolute Gasteiger partial charge is 0.394 e. The van der Waals surface area contributed by atoms with Crippen LogP contribution in [0.4, 0.5) is 0 Å². The van der Waals surface area contributed by atoms with Gasteiger partial charge in [-0.15, -0.1) is 23.5 Å². The van der Waals surface area contributed by atoms with Gasteiger partial charge in [0.15, 0.2) is 6.23 Å². The Bertz CT molecular complexity index is 578. The molecule has 0 bridgehead atoms. The molecule has 3 rings (SSSR count). The number of rotatable bonds is 3. The van der Waals surface area contributed by atoms with Crippen LogP contribution in [-0.2, 0) is 4.74 Å². The Morgan fingerprint density at radius 3 is 2.68 bits per heavy atom. The summed E-state index contributed by atoms with van der Waals surface area (Å²) in [6, 6.07) is 1.30. The van der Waals surface area contributed by atoms with Crippen molar-refractivity contribution in [1.29, 1.82) is 0 Å². The summed E-state index contributed by atoms with van der Waals surface area (Å²) in [5.41, 5.74) is -0.343. The van der Waals surface area contributed by atoms with E-state index in [9.17, 15) is 20.1 Å². The maximum Gasteiger partial charge on any atom is 0.272 e. The number of thioether (sulfide) groups is 2. The Morgan fingerprint density at radius 2 is 2.05 bits per heavy atom. The predicted molar refractivity (Wildman–Crippen MR) is 83.8 cm³/mol.